The molecule has 1 amide bonds. The average molecular weight is 608 g/mol. The van der Waals surface area contributed by atoms with E-state index in [0.29, 0.717) is 42.5 Å². The number of aromatic amines is 1. The predicted octanol–water partition coefficient (Wildman–Crippen LogP) is 6.42. The van der Waals surface area contributed by atoms with Gasteiger partial charge >= 0.3 is 11.0 Å². The van der Waals surface area contributed by atoms with Crippen LogP contribution in [0.25, 0.3) is 0 Å². The van der Waals surface area contributed by atoms with E-state index in [-0.39, 0.29) is 17.4 Å². The Morgan fingerprint density at radius 1 is 1.02 bits per heavy atom. The van der Waals surface area contributed by atoms with E-state index in [1.54, 1.807) is 45.9 Å². The SMILES string of the molecule is C[C@H](O)CN(CCc1ccc(Nc2sc(=O)[nH]c2O)c(Oc2cccc(OCc3ccccc3)c2)c1)C(=O)OC(C)(C)C. The third kappa shape index (κ3) is 9.79. The van der Waals surface area contributed by atoms with Gasteiger partial charge < -0.3 is 34.6 Å². The van der Waals surface area contributed by atoms with Crippen molar-refractivity contribution in [1.29, 1.82) is 0 Å². The predicted molar refractivity (Wildman–Crippen MR) is 167 cm³/mol. The lowest BCUT2D eigenvalue weighted by Crippen LogP contribution is -2.41. The van der Waals surface area contributed by atoms with E-state index >= 15 is 0 Å². The molecule has 0 aliphatic heterocycles. The van der Waals surface area contributed by atoms with Gasteiger partial charge in [-0.3, -0.25) is 9.78 Å². The third-order valence-electron chi connectivity index (χ3n) is 6.01. The molecule has 0 unspecified atom stereocenters. The maximum atomic E-state index is 12.8. The zero-order valence-electron chi connectivity index (χ0n) is 24.6. The number of anilines is 2. The molecule has 228 valence electrons. The van der Waals surface area contributed by atoms with Crippen LogP contribution in [-0.2, 0) is 17.8 Å². The highest BCUT2D eigenvalue weighted by Crippen LogP contribution is 2.36. The van der Waals surface area contributed by atoms with Crippen LogP contribution in [0.2, 0.25) is 0 Å². The Bertz CT molecular complexity index is 1560. The summed E-state index contributed by atoms with van der Waals surface area (Å²) in [7, 11) is 0. The molecule has 4 aromatic rings. The second-order valence-corrected chi connectivity index (χ2v) is 12.0. The Hall–Kier alpha value is -4.48. The van der Waals surface area contributed by atoms with E-state index in [4.69, 9.17) is 14.2 Å². The van der Waals surface area contributed by atoms with Crippen molar-refractivity contribution in [3.05, 3.63) is 93.6 Å². The third-order valence-corrected chi connectivity index (χ3v) is 6.80. The molecule has 0 radical (unpaired) electrons. The quantitative estimate of drug-likeness (QED) is 0.145. The minimum atomic E-state index is -0.726. The molecular weight excluding hydrogens is 570 g/mol. The minimum absolute atomic E-state index is 0.124. The molecule has 11 heteroatoms. The van der Waals surface area contributed by atoms with Crippen molar-refractivity contribution in [3.8, 4) is 23.1 Å². The monoisotopic (exact) mass is 607 g/mol. The van der Waals surface area contributed by atoms with E-state index < -0.39 is 22.7 Å². The number of carbonyl (C=O) groups excluding carboxylic acids is 1. The normalized spacial score (nSPS) is 11.9. The number of thiazole rings is 1. The zero-order valence-corrected chi connectivity index (χ0v) is 25.4. The molecule has 0 bridgehead atoms. The van der Waals surface area contributed by atoms with Crippen molar-refractivity contribution >= 4 is 28.1 Å². The van der Waals surface area contributed by atoms with Crippen LogP contribution >= 0.6 is 11.3 Å². The molecule has 3 aromatic carbocycles. The summed E-state index contributed by atoms with van der Waals surface area (Å²) in [5.74, 6) is 1.30. The topological polar surface area (TPSA) is 133 Å². The van der Waals surface area contributed by atoms with E-state index in [1.807, 2.05) is 54.6 Å². The fourth-order valence-electron chi connectivity index (χ4n) is 4.10. The zero-order chi connectivity index (χ0) is 31.0. The highest BCUT2D eigenvalue weighted by Gasteiger charge is 2.23. The van der Waals surface area contributed by atoms with Gasteiger partial charge in [-0.2, -0.15) is 0 Å². The van der Waals surface area contributed by atoms with E-state index in [9.17, 15) is 19.8 Å². The molecule has 0 saturated heterocycles. The molecule has 0 aliphatic carbocycles. The molecule has 1 atom stereocenters. The van der Waals surface area contributed by atoms with Crippen LogP contribution in [0.5, 0.6) is 23.1 Å². The van der Waals surface area contributed by atoms with Crippen LogP contribution < -0.4 is 19.7 Å². The van der Waals surface area contributed by atoms with Gasteiger partial charge in [-0.05, 0) is 69.5 Å². The first-order valence-corrected chi connectivity index (χ1v) is 14.7. The number of hydrogen-bond acceptors (Lipinski definition) is 9. The molecular formula is C32H37N3O7S. The molecule has 0 fully saturated rings. The van der Waals surface area contributed by atoms with Crippen molar-refractivity contribution in [2.45, 2.75) is 52.4 Å². The number of aliphatic hydroxyl groups is 1. The van der Waals surface area contributed by atoms with Gasteiger partial charge in [0.15, 0.2) is 10.8 Å². The average Bonchev–Trinajstić information content (AvgIpc) is 3.26. The minimum Gasteiger partial charge on any atom is -0.492 e. The second-order valence-electron chi connectivity index (χ2n) is 11.0. The number of benzene rings is 3. The van der Waals surface area contributed by atoms with Crippen molar-refractivity contribution in [2.75, 3.05) is 18.4 Å². The van der Waals surface area contributed by atoms with Crippen LogP contribution in [0.4, 0.5) is 15.5 Å². The fraction of sp³-hybridized carbons (Fsp3) is 0.312. The molecule has 4 N–H and O–H groups in total. The van der Waals surface area contributed by atoms with Gasteiger partial charge in [0.05, 0.1) is 11.8 Å². The van der Waals surface area contributed by atoms with E-state index in [0.717, 1.165) is 22.5 Å². The summed E-state index contributed by atoms with van der Waals surface area (Å²) in [6.45, 7) is 7.82. The standard InChI is InChI=1S/C32H37N3O7S/c1-21(36)19-35(31(39)42-32(2,3)4)16-15-22-13-14-26(33-29-28(37)34-30(38)43-29)27(17-22)41-25-12-8-11-24(18-25)40-20-23-9-6-5-7-10-23/h5-14,17-18,21,33,36-37H,15-16,19-20H2,1-4H3,(H,34,38)/t21-/m0/s1. The molecule has 0 spiro atoms. The summed E-state index contributed by atoms with van der Waals surface area (Å²) in [4.78, 5) is 28.0. The van der Waals surface area contributed by atoms with Gasteiger partial charge in [-0.1, -0.05) is 53.8 Å². The van der Waals surface area contributed by atoms with Gasteiger partial charge in [0.25, 0.3) is 0 Å². The molecule has 10 nitrogen and oxygen atoms in total. The number of ether oxygens (including phenoxy) is 3. The molecule has 1 heterocycles. The van der Waals surface area contributed by atoms with Gasteiger partial charge in [0.1, 0.15) is 23.7 Å². The Balaban J connectivity index is 1.56. The summed E-state index contributed by atoms with van der Waals surface area (Å²) < 4.78 is 17.8. The van der Waals surface area contributed by atoms with Crippen LogP contribution in [-0.4, -0.2) is 51.0 Å². The number of nitrogens with zero attached hydrogens (tertiary/aromatic N) is 1. The highest BCUT2D eigenvalue weighted by molar-refractivity contribution is 7.13. The fourth-order valence-corrected chi connectivity index (χ4v) is 4.74. The maximum Gasteiger partial charge on any atom is 0.410 e. The Kier molecular flexibility index (Phi) is 10.3. The number of H-pyrrole nitrogens is 1. The molecule has 4 rings (SSSR count). The van der Waals surface area contributed by atoms with E-state index in [2.05, 4.69) is 10.3 Å². The lowest BCUT2D eigenvalue weighted by atomic mass is 10.1. The Labute approximate surface area is 254 Å². The summed E-state index contributed by atoms with van der Waals surface area (Å²) in [6.07, 6.45) is -0.783. The van der Waals surface area contributed by atoms with Gasteiger partial charge in [-0.15, -0.1) is 0 Å². The first kappa shape index (κ1) is 31.5. The first-order valence-electron chi connectivity index (χ1n) is 13.9. The largest absolute Gasteiger partial charge is 0.492 e. The number of rotatable bonds is 12. The molecule has 1 aromatic heterocycles. The molecule has 0 aliphatic rings. The van der Waals surface area contributed by atoms with Crippen molar-refractivity contribution in [2.24, 2.45) is 0 Å². The number of carbonyl (C=O) groups is 1. The first-order chi connectivity index (χ1) is 20.4. The smallest absolute Gasteiger partial charge is 0.410 e. The Morgan fingerprint density at radius 3 is 2.44 bits per heavy atom. The second kappa shape index (κ2) is 14.1. The van der Waals surface area contributed by atoms with Crippen LogP contribution in [0.3, 0.4) is 0 Å². The Morgan fingerprint density at radius 2 is 1.77 bits per heavy atom. The summed E-state index contributed by atoms with van der Waals surface area (Å²) in [5, 5.41) is 23.4. The lowest BCUT2D eigenvalue weighted by molar-refractivity contribution is 0.0164. The number of aliphatic hydroxyl groups excluding tert-OH is 1. The number of aromatic hydroxyl groups is 1. The van der Waals surface area contributed by atoms with Gasteiger partial charge in [-0.25, -0.2) is 4.79 Å². The number of nitrogens with one attached hydrogen (secondary N) is 2. The van der Waals surface area contributed by atoms with Crippen molar-refractivity contribution in [3.63, 3.8) is 0 Å². The van der Waals surface area contributed by atoms with Crippen LogP contribution in [0.1, 0.15) is 38.8 Å². The molecule has 43 heavy (non-hydrogen) atoms. The lowest BCUT2D eigenvalue weighted by Gasteiger charge is -2.28. The van der Waals surface area contributed by atoms with Crippen molar-refractivity contribution < 1.29 is 29.2 Å². The van der Waals surface area contributed by atoms with Crippen LogP contribution in [0, 0.1) is 0 Å². The number of aromatic nitrogens is 1. The summed E-state index contributed by atoms with van der Waals surface area (Å²) in [6, 6.07) is 22.5. The van der Waals surface area contributed by atoms with Gasteiger partial charge in [0.2, 0.25) is 5.88 Å². The molecule has 0 saturated carbocycles. The number of hydrogen-bond donors (Lipinski definition) is 4. The maximum absolute atomic E-state index is 12.8. The summed E-state index contributed by atoms with van der Waals surface area (Å²) in [5.41, 5.74) is 1.73. The van der Waals surface area contributed by atoms with E-state index in [1.165, 1.54) is 4.90 Å². The summed E-state index contributed by atoms with van der Waals surface area (Å²) >= 11 is 0.833. The highest BCUT2D eigenvalue weighted by atomic mass is 32.1. The van der Waals surface area contributed by atoms with Crippen molar-refractivity contribution in [1.82, 2.24) is 9.88 Å². The van der Waals surface area contributed by atoms with Crippen LogP contribution in [0.15, 0.2) is 77.6 Å². The van der Waals surface area contributed by atoms with Gasteiger partial charge in [0, 0.05) is 19.2 Å². The number of amides is 1.